The van der Waals surface area contributed by atoms with Crippen molar-refractivity contribution in [2.75, 3.05) is 24.9 Å². The SMILES string of the molecule is COc1ccc(NC(=O)c2cccc(C(=O)Nc3cccc(F)c3)c2)c(OC)c1. The molecule has 2 amide bonds. The van der Waals surface area contributed by atoms with E-state index in [0.717, 1.165) is 0 Å². The van der Waals surface area contributed by atoms with Gasteiger partial charge in [0.05, 0.1) is 19.9 Å². The zero-order valence-electron chi connectivity index (χ0n) is 15.9. The highest BCUT2D eigenvalue weighted by Gasteiger charge is 2.14. The monoisotopic (exact) mass is 394 g/mol. The number of nitrogens with one attached hydrogen (secondary N) is 2. The predicted molar refractivity (Wildman–Crippen MR) is 108 cm³/mol. The maximum atomic E-state index is 13.3. The molecule has 3 rings (SSSR count). The summed E-state index contributed by atoms with van der Waals surface area (Å²) in [7, 11) is 3.02. The van der Waals surface area contributed by atoms with E-state index in [1.807, 2.05) is 0 Å². The molecule has 0 aliphatic heterocycles. The van der Waals surface area contributed by atoms with Crippen molar-refractivity contribution in [3.63, 3.8) is 0 Å². The summed E-state index contributed by atoms with van der Waals surface area (Å²) in [6.45, 7) is 0. The Bertz CT molecular complexity index is 1050. The summed E-state index contributed by atoms with van der Waals surface area (Å²) in [5.74, 6) is -0.279. The minimum Gasteiger partial charge on any atom is -0.497 e. The molecule has 0 saturated carbocycles. The summed E-state index contributed by atoms with van der Waals surface area (Å²) in [6.07, 6.45) is 0. The van der Waals surface area contributed by atoms with Crippen molar-refractivity contribution in [3.8, 4) is 11.5 Å². The summed E-state index contributed by atoms with van der Waals surface area (Å²) in [5.41, 5.74) is 1.35. The van der Waals surface area contributed by atoms with Crippen LogP contribution < -0.4 is 20.1 Å². The quantitative estimate of drug-likeness (QED) is 0.652. The zero-order chi connectivity index (χ0) is 20.8. The molecule has 0 saturated heterocycles. The maximum Gasteiger partial charge on any atom is 0.255 e. The van der Waals surface area contributed by atoms with Crippen molar-refractivity contribution in [1.82, 2.24) is 0 Å². The topological polar surface area (TPSA) is 76.7 Å². The lowest BCUT2D eigenvalue weighted by Gasteiger charge is -2.12. The van der Waals surface area contributed by atoms with Gasteiger partial charge in [-0.2, -0.15) is 0 Å². The minimum atomic E-state index is -0.454. The number of benzene rings is 3. The molecule has 7 heteroatoms. The molecule has 0 aliphatic rings. The lowest BCUT2D eigenvalue weighted by Crippen LogP contribution is -2.16. The smallest absolute Gasteiger partial charge is 0.255 e. The fourth-order valence-corrected chi connectivity index (χ4v) is 2.67. The third-order valence-electron chi connectivity index (χ3n) is 4.13. The molecular weight excluding hydrogens is 375 g/mol. The number of rotatable bonds is 6. The van der Waals surface area contributed by atoms with Crippen molar-refractivity contribution in [2.24, 2.45) is 0 Å². The van der Waals surface area contributed by atoms with Crippen molar-refractivity contribution in [2.45, 2.75) is 0 Å². The lowest BCUT2D eigenvalue weighted by atomic mass is 10.1. The molecular formula is C22H19FN2O4. The van der Waals surface area contributed by atoms with Gasteiger partial charge in [0.25, 0.3) is 11.8 Å². The van der Waals surface area contributed by atoms with Crippen LogP contribution in [0.25, 0.3) is 0 Å². The van der Waals surface area contributed by atoms with Gasteiger partial charge < -0.3 is 20.1 Å². The molecule has 2 N–H and O–H groups in total. The molecule has 3 aromatic carbocycles. The van der Waals surface area contributed by atoms with Gasteiger partial charge in [-0.25, -0.2) is 4.39 Å². The maximum absolute atomic E-state index is 13.3. The number of amides is 2. The average Bonchev–Trinajstić information content (AvgIpc) is 2.74. The molecule has 3 aromatic rings. The van der Waals surface area contributed by atoms with Crippen LogP contribution in [0.15, 0.2) is 66.7 Å². The Morgan fingerprint density at radius 1 is 0.793 bits per heavy atom. The fraction of sp³-hybridized carbons (Fsp3) is 0.0909. The third kappa shape index (κ3) is 4.90. The van der Waals surface area contributed by atoms with Crippen LogP contribution in [0.3, 0.4) is 0 Å². The molecule has 29 heavy (non-hydrogen) atoms. The molecule has 0 heterocycles. The van der Waals surface area contributed by atoms with E-state index in [1.54, 1.807) is 42.5 Å². The van der Waals surface area contributed by atoms with Crippen molar-refractivity contribution >= 4 is 23.2 Å². The highest BCUT2D eigenvalue weighted by atomic mass is 19.1. The van der Waals surface area contributed by atoms with Gasteiger partial charge >= 0.3 is 0 Å². The van der Waals surface area contributed by atoms with E-state index in [-0.39, 0.29) is 11.1 Å². The van der Waals surface area contributed by atoms with Crippen LogP contribution in [0.1, 0.15) is 20.7 Å². The van der Waals surface area contributed by atoms with Gasteiger partial charge in [0.15, 0.2) is 0 Å². The summed E-state index contributed by atoms with van der Waals surface area (Å²) in [4.78, 5) is 25.1. The molecule has 0 spiro atoms. The van der Waals surface area contributed by atoms with Crippen molar-refractivity contribution < 1.29 is 23.5 Å². The van der Waals surface area contributed by atoms with E-state index in [9.17, 15) is 14.0 Å². The average molecular weight is 394 g/mol. The van der Waals surface area contributed by atoms with Gasteiger partial charge in [-0.1, -0.05) is 12.1 Å². The number of carbonyl (C=O) groups excluding carboxylic acids is 2. The largest absolute Gasteiger partial charge is 0.497 e. The van der Waals surface area contributed by atoms with Crippen molar-refractivity contribution in [3.05, 3.63) is 83.7 Å². The molecule has 0 radical (unpaired) electrons. The van der Waals surface area contributed by atoms with E-state index < -0.39 is 17.6 Å². The van der Waals surface area contributed by atoms with Crippen LogP contribution in [0.2, 0.25) is 0 Å². The van der Waals surface area contributed by atoms with Crippen molar-refractivity contribution in [1.29, 1.82) is 0 Å². The Labute approximate surface area is 167 Å². The van der Waals surface area contributed by atoms with Crippen LogP contribution in [0.5, 0.6) is 11.5 Å². The summed E-state index contributed by atoms with van der Waals surface area (Å²) >= 11 is 0. The minimum absolute atomic E-state index is 0.267. The first-order valence-electron chi connectivity index (χ1n) is 8.70. The van der Waals surface area contributed by atoms with Crippen LogP contribution in [-0.4, -0.2) is 26.0 Å². The number of anilines is 2. The Kier molecular flexibility index (Phi) is 6.09. The van der Waals surface area contributed by atoms with E-state index in [1.165, 1.54) is 38.5 Å². The van der Waals surface area contributed by atoms with Crippen LogP contribution in [0.4, 0.5) is 15.8 Å². The second-order valence-electron chi connectivity index (χ2n) is 6.07. The molecule has 0 fully saturated rings. The summed E-state index contributed by atoms with van der Waals surface area (Å²) < 4.78 is 23.7. The Balaban J connectivity index is 1.76. The Morgan fingerprint density at radius 3 is 2.14 bits per heavy atom. The van der Waals surface area contributed by atoms with Gasteiger partial charge in [-0.15, -0.1) is 0 Å². The number of carbonyl (C=O) groups is 2. The fourth-order valence-electron chi connectivity index (χ4n) is 2.67. The van der Waals surface area contributed by atoms with E-state index >= 15 is 0 Å². The molecule has 0 aliphatic carbocycles. The highest BCUT2D eigenvalue weighted by Crippen LogP contribution is 2.29. The van der Waals surface area contributed by atoms with Crippen LogP contribution in [-0.2, 0) is 0 Å². The van der Waals surface area contributed by atoms with Gasteiger partial charge in [0.2, 0.25) is 0 Å². The predicted octanol–water partition coefficient (Wildman–Crippen LogP) is 4.35. The number of halogens is 1. The first kappa shape index (κ1) is 19.9. The standard InChI is InChI=1S/C22H19FN2O4/c1-28-18-9-10-19(20(13-18)29-2)25-22(27)15-6-3-5-14(11-15)21(26)24-17-8-4-7-16(23)12-17/h3-13H,1-2H3,(H,24,26)(H,25,27). The summed E-state index contributed by atoms with van der Waals surface area (Å²) in [6, 6.07) is 16.8. The lowest BCUT2D eigenvalue weighted by molar-refractivity contribution is 0.102. The van der Waals surface area contributed by atoms with Crippen LogP contribution in [0, 0.1) is 5.82 Å². The molecule has 6 nitrogen and oxygen atoms in total. The van der Waals surface area contributed by atoms with Gasteiger partial charge in [-0.05, 0) is 48.5 Å². The van der Waals surface area contributed by atoms with Gasteiger partial charge in [0, 0.05) is 22.9 Å². The zero-order valence-corrected chi connectivity index (χ0v) is 15.9. The number of methoxy groups -OCH3 is 2. The molecule has 148 valence electrons. The first-order chi connectivity index (χ1) is 14.0. The number of hydrogen-bond acceptors (Lipinski definition) is 4. The normalized spacial score (nSPS) is 10.2. The number of ether oxygens (including phenoxy) is 2. The Hall–Kier alpha value is -3.87. The molecule has 0 bridgehead atoms. The van der Waals surface area contributed by atoms with E-state index in [2.05, 4.69) is 10.6 Å². The molecule has 0 aromatic heterocycles. The van der Waals surface area contributed by atoms with Crippen LogP contribution >= 0.6 is 0 Å². The Morgan fingerprint density at radius 2 is 1.48 bits per heavy atom. The second-order valence-corrected chi connectivity index (χ2v) is 6.07. The van der Waals surface area contributed by atoms with E-state index in [0.29, 0.717) is 22.9 Å². The highest BCUT2D eigenvalue weighted by molar-refractivity contribution is 6.09. The van der Waals surface area contributed by atoms with Gasteiger partial charge in [0.1, 0.15) is 17.3 Å². The summed E-state index contributed by atoms with van der Waals surface area (Å²) in [5, 5.41) is 5.35. The second kappa shape index (κ2) is 8.88. The number of hydrogen-bond donors (Lipinski definition) is 2. The first-order valence-corrected chi connectivity index (χ1v) is 8.70. The third-order valence-corrected chi connectivity index (χ3v) is 4.13. The van der Waals surface area contributed by atoms with Gasteiger partial charge in [-0.3, -0.25) is 9.59 Å². The van der Waals surface area contributed by atoms with E-state index in [4.69, 9.17) is 9.47 Å². The molecule has 0 unspecified atom stereocenters. The molecule has 0 atom stereocenters.